The zero-order valence-electron chi connectivity index (χ0n) is 20.4. The van der Waals surface area contributed by atoms with E-state index in [1.165, 1.54) is 6.07 Å². The van der Waals surface area contributed by atoms with Crippen LogP contribution in [0.3, 0.4) is 0 Å². The summed E-state index contributed by atoms with van der Waals surface area (Å²) in [5, 5.41) is 3.38. The van der Waals surface area contributed by atoms with Gasteiger partial charge in [-0.15, -0.1) is 0 Å². The van der Waals surface area contributed by atoms with Crippen LogP contribution in [0.5, 0.6) is 0 Å². The number of H-pyrrole nitrogens is 1. The van der Waals surface area contributed by atoms with Gasteiger partial charge in [-0.3, -0.25) is 19.8 Å². The molecule has 1 fully saturated rings. The number of benzene rings is 2. The molecule has 0 spiro atoms. The molecule has 2 aromatic carbocycles. The summed E-state index contributed by atoms with van der Waals surface area (Å²) in [6.45, 7) is 4.42. The minimum atomic E-state index is -4.55. The largest absolute Gasteiger partial charge is 0.416 e. The van der Waals surface area contributed by atoms with Crippen LogP contribution in [0.1, 0.15) is 23.1 Å². The number of morpholine rings is 1. The van der Waals surface area contributed by atoms with Gasteiger partial charge in [0.1, 0.15) is 0 Å². The number of alkyl halides is 3. The Morgan fingerprint density at radius 2 is 1.63 bits per heavy atom. The van der Waals surface area contributed by atoms with Crippen molar-refractivity contribution >= 4 is 44.8 Å². The van der Waals surface area contributed by atoms with E-state index in [9.17, 15) is 22.8 Å². The molecule has 2 aromatic heterocycles. The lowest BCUT2D eigenvalue weighted by Crippen LogP contribution is -2.37. The van der Waals surface area contributed by atoms with E-state index >= 15 is 0 Å². The number of fused-ring (bicyclic) bond motifs is 2. The molecule has 0 saturated carbocycles. The predicted molar refractivity (Wildman–Crippen MR) is 137 cm³/mol. The van der Waals surface area contributed by atoms with Gasteiger partial charge in [0.15, 0.2) is 0 Å². The first kappa shape index (κ1) is 24.4. The molecule has 2 aliphatic rings. The van der Waals surface area contributed by atoms with Crippen LogP contribution in [0.25, 0.3) is 33.0 Å². The van der Waals surface area contributed by atoms with Crippen molar-refractivity contribution in [1.82, 2.24) is 19.8 Å². The van der Waals surface area contributed by atoms with Crippen molar-refractivity contribution in [3.8, 4) is 0 Å². The van der Waals surface area contributed by atoms with Crippen LogP contribution in [-0.4, -0.2) is 59.1 Å². The van der Waals surface area contributed by atoms with Crippen molar-refractivity contribution in [2.24, 2.45) is 0 Å². The summed E-state index contributed by atoms with van der Waals surface area (Å²) in [6.07, 6.45) is -0.428. The van der Waals surface area contributed by atoms with Gasteiger partial charge in [-0.25, -0.2) is 0 Å². The van der Waals surface area contributed by atoms with Crippen molar-refractivity contribution in [3.05, 3.63) is 71.5 Å². The molecule has 0 bridgehead atoms. The molecule has 38 heavy (non-hydrogen) atoms. The fourth-order valence-electron chi connectivity index (χ4n) is 5.39. The number of amides is 2. The first-order valence-electron chi connectivity index (χ1n) is 12.5. The van der Waals surface area contributed by atoms with Gasteiger partial charge in [0.2, 0.25) is 0 Å². The molecule has 6 rings (SSSR count). The molecule has 0 atom stereocenters. The first-order chi connectivity index (χ1) is 18.3. The Morgan fingerprint density at radius 3 is 2.39 bits per heavy atom. The number of carbonyl (C=O) groups excluding carboxylic acids is 2. The normalized spacial score (nSPS) is 17.2. The Kier molecular flexibility index (Phi) is 6.08. The molecule has 0 radical (unpaired) electrons. The Balaban J connectivity index is 1.48. The molecule has 4 heterocycles. The number of rotatable bonds is 6. The number of aromatic nitrogens is 2. The van der Waals surface area contributed by atoms with Gasteiger partial charge in [-0.05, 0) is 30.7 Å². The maximum absolute atomic E-state index is 13.7. The van der Waals surface area contributed by atoms with Crippen LogP contribution in [0.4, 0.5) is 13.2 Å². The maximum Gasteiger partial charge on any atom is 0.416 e. The van der Waals surface area contributed by atoms with Crippen molar-refractivity contribution in [3.63, 3.8) is 0 Å². The van der Waals surface area contributed by atoms with E-state index < -0.39 is 23.6 Å². The van der Waals surface area contributed by atoms with Gasteiger partial charge < -0.3 is 14.3 Å². The SMILES string of the molecule is O=C1NC(=O)C(c2cn(CCCN3CCOCC3)c3ccc(C(F)(F)F)cc23)=C1c1c[nH]c2ccccc12. The minimum Gasteiger partial charge on any atom is -0.379 e. The number of hydrogen-bond donors (Lipinski definition) is 2. The third kappa shape index (κ3) is 4.29. The quantitative estimate of drug-likeness (QED) is 0.367. The van der Waals surface area contributed by atoms with Crippen molar-refractivity contribution in [2.75, 3.05) is 32.8 Å². The topological polar surface area (TPSA) is 79.4 Å². The van der Waals surface area contributed by atoms with E-state index in [1.807, 2.05) is 28.8 Å². The van der Waals surface area contributed by atoms with Gasteiger partial charge in [0.05, 0.1) is 29.9 Å². The van der Waals surface area contributed by atoms with Crippen molar-refractivity contribution in [1.29, 1.82) is 0 Å². The minimum absolute atomic E-state index is 0.0796. The number of para-hydroxylation sites is 1. The Hall–Kier alpha value is -3.89. The molecule has 2 aliphatic heterocycles. The molecular weight excluding hydrogens is 497 g/mol. The number of carbonyl (C=O) groups is 2. The second kappa shape index (κ2) is 9.45. The van der Waals surface area contributed by atoms with Crippen LogP contribution in [0.2, 0.25) is 0 Å². The lowest BCUT2D eigenvalue weighted by molar-refractivity contribution is -0.137. The average molecular weight is 523 g/mol. The summed E-state index contributed by atoms with van der Waals surface area (Å²) in [6, 6.07) is 10.9. The van der Waals surface area contributed by atoms with Gasteiger partial charge in [0, 0.05) is 71.5 Å². The van der Waals surface area contributed by atoms with Crippen LogP contribution < -0.4 is 5.32 Å². The fraction of sp³-hybridized carbons (Fsp3) is 0.286. The summed E-state index contributed by atoms with van der Waals surface area (Å²) >= 11 is 0. The first-order valence-corrected chi connectivity index (χ1v) is 12.5. The number of imide groups is 1. The predicted octanol–water partition coefficient (Wildman–Crippen LogP) is 4.43. The maximum atomic E-state index is 13.7. The summed E-state index contributed by atoms with van der Waals surface area (Å²) in [5.41, 5.74) is 1.61. The fourth-order valence-corrected chi connectivity index (χ4v) is 5.39. The third-order valence-electron chi connectivity index (χ3n) is 7.24. The van der Waals surface area contributed by atoms with E-state index in [0.29, 0.717) is 36.4 Å². The number of aryl methyl sites for hydroxylation is 1. The zero-order chi connectivity index (χ0) is 26.4. The lowest BCUT2D eigenvalue weighted by atomic mass is 9.95. The van der Waals surface area contributed by atoms with E-state index in [4.69, 9.17) is 4.74 Å². The Morgan fingerprint density at radius 1 is 0.895 bits per heavy atom. The molecule has 7 nitrogen and oxygen atoms in total. The molecule has 2 amide bonds. The summed E-state index contributed by atoms with van der Waals surface area (Å²) in [4.78, 5) is 31.6. The van der Waals surface area contributed by atoms with Crippen molar-refractivity contribution in [2.45, 2.75) is 19.1 Å². The van der Waals surface area contributed by atoms with E-state index in [1.54, 1.807) is 12.4 Å². The lowest BCUT2D eigenvalue weighted by Gasteiger charge is -2.26. The summed E-state index contributed by atoms with van der Waals surface area (Å²) in [7, 11) is 0. The molecule has 0 unspecified atom stereocenters. The second-order valence-corrected chi connectivity index (χ2v) is 9.55. The van der Waals surface area contributed by atoms with Gasteiger partial charge >= 0.3 is 6.18 Å². The number of ether oxygens (including phenoxy) is 1. The monoisotopic (exact) mass is 522 g/mol. The highest BCUT2D eigenvalue weighted by Crippen LogP contribution is 2.40. The number of nitrogens with zero attached hydrogens (tertiary/aromatic N) is 2. The molecule has 10 heteroatoms. The van der Waals surface area contributed by atoms with Gasteiger partial charge in [-0.2, -0.15) is 13.2 Å². The van der Waals surface area contributed by atoms with Crippen LogP contribution in [-0.2, 0) is 27.0 Å². The number of hydrogen-bond acceptors (Lipinski definition) is 4. The molecule has 4 aromatic rings. The van der Waals surface area contributed by atoms with E-state index in [0.717, 1.165) is 49.1 Å². The van der Waals surface area contributed by atoms with E-state index in [-0.39, 0.29) is 16.5 Å². The molecule has 2 N–H and O–H groups in total. The number of aromatic amines is 1. The van der Waals surface area contributed by atoms with E-state index in [2.05, 4.69) is 15.2 Å². The highest BCUT2D eigenvalue weighted by molar-refractivity contribution is 6.50. The number of halogens is 3. The molecule has 1 saturated heterocycles. The van der Waals surface area contributed by atoms with Crippen LogP contribution in [0, 0.1) is 0 Å². The Labute approximate surface area is 215 Å². The van der Waals surface area contributed by atoms with Crippen molar-refractivity contribution < 1.29 is 27.5 Å². The highest BCUT2D eigenvalue weighted by atomic mass is 19.4. The zero-order valence-corrected chi connectivity index (χ0v) is 20.4. The van der Waals surface area contributed by atoms with Crippen LogP contribution >= 0.6 is 0 Å². The standard InChI is InChI=1S/C28H25F3N4O3/c29-28(30,31)17-6-7-23-19(14-17)21(16-35(23)9-3-8-34-10-12-38-13-11-34)25-24(26(36)33-27(25)37)20-15-32-22-5-2-1-4-18(20)22/h1-2,4-7,14-16,32H,3,8-13H2,(H,33,36,37). The average Bonchev–Trinajstić information content (AvgIpc) is 3.56. The number of nitrogens with one attached hydrogen (secondary N) is 2. The highest BCUT2D eigenvalue weighted by Gasteiger charge is 2.36. The smallest absolute Gasteiger partial charge is 0.379 e. The van der Waals surface area contributed by atoms with Crippen LogP contribution in [0.15, 0.2) is 54.9 Å². The molecule has 0 aliphatic carbocycles. The summed E-state index contributed by atoms with van der Waals surface area (Å²) in [5.74, 6) is -1.20. The van der Waals surface area contributed by atoms with Gasteiger partial charge in [0.25, 0.3) is 11.8 Å². The molecule has 196 valence electrons. The third-order valence-corrected chi connectivity index (χ3v) is 7.24. The summed E-state index contributed by atoms with van der Waals surface area (Å²) < 4.78 is 48.3. The second-order valence-electron chi connectivity index (χ2n) is 9.55. The molecular formula is C28H25F3N4O3. The van der Waals surface area contributed by atoms with Gasteiger partial charge in [-0.1, -0.05) is 18.2 Å². The Bertz CT molecular complexity index is 1590.